The van der Waals surface area contributed by atoms with Crippen LogP contribution in [0.25, 0.3) is 0 Å². The summed E-state index contributed by atoms with van der Waals surface area (Å²) in [6.45, 7) is 1.04. The quantitative estimate of drug-likeness (QED) is 0.905. The van der Waals surface area contributed by atoms with Crippen molar-refractivity contribution in [1.29, 1.82) is 0 Å². The molecule has 3 aliphatic rings. The van der Waals surface area contributed by atoms with E-state index in [1.807, 2.05) is 23.1 Å². The summed E-state index contributed by atoms with van der Waals surface area (Å²) in [5.74, 6) is 0. The number of alkyl carbamates (subject to hydrolysis) is 1. The molecule has 0 unspecified atom stereocenters. The molecule has 1 aromatic carbocycles. The number of fused-ring (bicyclic) bond motifs is 3. The fraction of sp³-hybridized carbons (Fsp3) is 0.500. The lowest BCUT2D eigenvalue weighted by molar-refractivity contribution is 0.123. The van der Waals surface area contributed by atoms with Gasteiger partial charge in [0.05, 0.1) is 38.5 Å². The van der Waals surface area contributed by atoms with Gasteiger partial charge in [0, 0.05) is 5.69 Å². The van der Waals surface area contributed by atoms with Gasteiger partial charge in [-0.1, -0.05) is 0 Å². The van der Waals surface area contributed by atoms with Crippen LogP contribution in [0, 0.1) is 0 Å². The largest absolute Gasteiger partial charge is 0.453 e. The van der Waals surface area contributed by atoms with E-state index in [9.17, 15) is 14.0 Å². The van der Waals surface area contributed by atoms with Crippen molar-refractivity contribution in [1.82, 2.24) is 5.32 Å². The van der Waals surface area contributed by atoms with Gasteiger partial charge in [-0.25, -0.2) is 14.0 Å². The highest BCUT2D eigenvalue weighted by Gasteiger charge is 2.47. The standard InChI is InChI=1S/C16H18FN3O4/c1-23-15(21)18-6-14-13-5-9-4-11(19-7-10(17)8-19)2-3-12(9)20(13)16(22)24-14/h2-4,10,13-14H,5-8H2,1H3,(H,18,21)/t13-,14-/m0/s1. The van der Waals surface area contributed by atoms with Crippen molar-refractivity contribution >= 4 is 23.6 Å². The van der Waals surface area contributed by atoms with E-state index in [4.69, 9.17) is 4.74 Å². The molecule has 7 nitrogen and oxygen atoms in total. The number of cyclic esters (lactones) is 1. The monoisotopic (exact) mass is 335 g/mol. The molecule has 128 valence electrons. The molecule has 0 saturated carbocycles. The topological polar surface area (TPSA) is 71.1 Å². The van der Waals surface area contributed by atoms with Gasteiger partial charge in [0.15, 0.2) is 0 Å². The summed E-state index contributed by atoms with van der Waals surface area (Å²) < 4.78 is 22.9. The SMILES string of the molecule is COC(=O)NC[C@@H]1OC(=O)N2c3ccc(N4CC(F)C4)cc3C[C@@H]12. The van der Waals surface area contributed by atoms with Gasteiger partial charge in [-0.2, -0.15) is 0 Å². The number of rotatable bonds is 3. The molecule has 1 N–H and O–H groups in total. The average molecular weight is 335 g/mol. The molecule has 3 heterocycles. The first kappa shape index (κ1) is 15.0. The summed E-state index contributed by atoms with van der Waals surface area (Å²) in [5, 5.41) is 2.57. The summed E-state index contributed by atoms with van der Waals surface area (Å²) in [4.78, 5) is 27.0. The third kappa shape index (κ3) is 2.33. The van der Waals surface area contributed by atoms with Crippen molar-refractivity contribution in [2.24, 2.45) is 0 Å². The van der Waals surface area contributed by atoms with Crippen molar-refractivity contribution in [3.63, 3.8) is 0 Å². The van der Waals surface area contributed by atoms with Gasteiger partial charge >= 0.3 is 12.2 Å². The molecule has 0 spiro atoms. The van der Waals surface area contributed by atoms with Crippen molar-refractivity contribution in [3.05, 3.63) is 23.8 Å². The zero-order valence-electron chi connectivity index (χ0n) is 13.2. The van der Waals surface area contributed by atoms with E-state index in [-0.39, 0.29) is 12.6 Å². The van der Waals surface area contributed by atoms with Crippen LogP contribution in [0.4, 0.5) is 25.4 Å². The minimum Gasteiger partial charge on any atom is -0.453 e. The fourth-order valence-corrected chi connectivity index (χ4v) is 3.53. The maximum Gasteiger partial charge on any atom is 0.415 e. The average Bonchev–Trinajstić information content (AvgIpc) is 3.06. The van der Waals surface area contributed by atoms with Crippen LogP contribution >= 0.6 is 0 Å². The van der Waals surface area contributed by atoms with Crippen LogP contribution in [0.5, 0.6) is 0 Å². The number of hydrogen-bond donors (Lipinski definition) is 1. The van der Waals surface area contributed by atoms with Gasteiger partial charge in [-0.15, -0.1) is 0 Å². The second kappa shape index (κ2) is 5.54. The van der Waals surface area contributed by atoms with E-state index in [1.54, 1.807) is 4.90 Å². The molecule has 2 fully saturated rings. The van der Waals surface area contributed by atoms with Gasteiger partial charge in [0.25, 0.3) is 0 Å². The summed E-state index contributed by atoms with van der Waals surface area (Å²) in [6.07, 6.45) is -1.50. The summed E-state index contributed by atoms with van der Waals surface area (Å²) in [7, 11) is 1.28. The Hall–Kier alpha value is -2.51. The number of halogens is 1. The lowest BCUT2D eigenvalue weighted by atomic mass is 10.0. The van der Waals surface area contributed by atoms with Gasteiger partial charge in [-0.05, 0) is 30.2 Å². The van der Waals surface area contributed by atoms with Crippen molar-refractivity contribution in [3.8, 4) is 0 Å². The highest BCUT2D eigenvalue weighted by atomic mass is 19.1. The third-order valence-corrected chi connectivity index (χ3v) is 4.80. The molecule has 3 aliphatic heterocycles. The number of nitrogens with zero attached hydrogens (tertiary/aromatic N) is 2. The molecule has 2 atom stereocenters. The summed E-state index contributed by atoms with van der Waals surface area (Å²) in [6, 6.07) is 5.65. The zero-order chi connectivity index (χ0) is 16.8. The third-order valence-electron chi connectivity index (χ3n) is 4.80. The van der Waals surface area contributed by atoms with E-state index < -0.39 is 24.5 Å². The minimum absolute atomic E-state index is 0.148. The number of carbonyl (C=O) groups is 2. The number of nitrogens with one attached hydrogen (secondary N) is 1. The Morgan fingerprint density at radius 3 is 2.96 bits per heavy atom. The molecule has 2 saturated heterocycles. The Morgan fingerprint density at radius 1 is 1.46 bits per heavy atom. The molecule has 0 aliphatic carbocycles. The number of carbonyl (C=O) groups excluding carboxylic acids is 2. The van der Waals surface area contributed by atoms with Crippen molar-refractivity contribution in [2.75, 3.05) is 36.5 Å². The molecule has 4 rings (SSSR count). The number of hydrogen-bond acceptors (Lipinski definition) is 5. The van der Waals surface area contributed by atoms with E-state index in [1.165, 1.54) is 7.11 Å². The highest BCUT2D eigenvalue weighted by molar-refractivity contribution is 5.94. The number of benzene rings is 1. The second-order valence-corrected chi connectivity index (χ2v) is 6.25. The van der Waals surface area contributed by atoms with Crippen molar-refractivity contribution in [2.45, 2.75) is 24.7 Å². The predicted octanol–water partition coefficient (Wildman–Crippen LogP) is 1.45. The number of methoxy groups -OCH3 is 1. The van der Waals surface area contributed by atoms with Crippen molar-refractivity contribution < 1.29 is 23.5 Å². The van der Waals surface area contributed by atoms with E-state index >= 15 is 0 Å². The second-order valence-electron chi connectivity index (χ2n) is 6.25. The highest BCUT2D eigenvalue weighted by Crippen LogP contribution is 2.40. The van der Waals surface area contributed by atoms with Crippen LogP contribution in [0.1, 0.15) is 5.56 Å². The van der Waals surface area contributed by atoms with Crippen LogP contribution in [-0.2, 0) is 15.9 Å². The molecule has 0 radical (unpaired) electrons. The maximum absolute atomic E-state index is 13.0. The van der Waals surface area contributed by atoms with Gasteiger partial charge < -0.3 is 19.7 Å². The van der Waals surface area contributed by atoms with E-state index in [0.29, 0.717) is 19.5 Å². The number of ether oxygens (including phenoxy) is 2. The Balaban J connectivity index is 1.51. The first-order valence-corrected chi connectivity index (χ1v) is 7.90. The number of alkyl halides is 1. The van der Waals surface area contributed by atoms with Crippen LogP contribution in [0.15, 0.2) is 18.2 Å². The van der Waals surface area contributed by atoms with Gasteiger partial charge in [0.2, 0.25) is 0 Å². The minimum atomic E-state index is -0.759. The van der Waals surface area contributed by atoms with Gasteiger partial charge in [-0.3, -0.25) is 4.90 Å². The molecule has 8 heteroatoms. The van der Waals surface area contributed by atoms with E-state index in [2.05, 4.69) is 10.1 Å². The normalized spacial score (nSPS) is 25.0. The Labute approximate surface area is 138 Å². The van der Waals surface area contributed by atoms with Crippen LogP contribution in [-0.4, -0.2) is 57.2 Å². The molecule has 2 amide bonds. The number of anilines is 2. The molecule has 1 aromatic rings. The van der Waals surface area contributed by atoms with E-state index in [0.717, 1.165) is 16.9 Å². The van der Waals surface area contributed by atoms with Gasteiger partial charge in [0.1, 0.15) is 12.3 Å². The molecular formula is C16H18FN3O4. The molecule has 0 bridgehead atoms. The molecule has 0 aromatic heterocycles. The van der Waals surface area contributed by atoms with Crippen LogP contribution in [0.2, 0.25) is 0 Å². The maximum atomic E-state index is 13.0. The molecular weight excluding hydrogens is 317 g/mol. The van der Waals surface area contributed by atoms with Crippen LogP contribution < -0.4 is 15.1 Å². The zero-order valence-corrected chi connectivity index (χ0v) is 13.2. The first-order valence-electron chi connectivity index (χ1n) is 7.90. The summed E-state index contributed by atoms with van der Waals surface area (Å²) in [5.41, 5.74) is 2.84. The Bertz CT molecular complexity index is 692. The summed E-state index contributed by atoms with van der Waals surface area (Å²) >= 11 is 0. The molecule has 24 heavy (non-hydrogen) atoms. The smallest absolute Gasteiger partial charge is 0.415 e. The van der Waals surface area contributed by atoms with Crippen LogP contribution in [0.3, 0.4) is 0 Å². The fourth-order valence-electron chi connectivity index (χ4n) is 3.53. The lowest BCUT2D eigenvalue weighted by Gasteiger charge is -2.36. The Morgan fingerprint density at radius 2 is 2.25 bits per heavy atom. The first-order chi connectivity index (χ1) is 11.6. The Kier molecular flexibility index (Phi) is 3.47. The number of amides is 2. The lowest BCUT2D eigenvalue weighted by Crippen LogP contribution is -2.48. The predicted molar refractivity (Wildman–Crippen MR) is 84.2 cm³/mol.